The second kappa shape index (κ2) is 8.72. The predicted molar refractivity (Wildman–Crippen MR) is 104 cm³/mol. The SMILES string of the molecule is COc1cc(OC)cc([C@@H]2CC(c3ccccc3F)=NN2C(=O)CCC(=O)O)c1. The van der Waals surface area contributed by atoms with Crippen LogP contribution in [-0.4, -0.2) is 41.9 Å². The van der Waals surface area contributed by atoms with E-state index in [1.54, 1.807) is 36.4 Å². The number of methoxy groups -OCH3 is 2. The molecule has 0 saturated heterocycles. The lowest BCUT2D eigenvalue weighted by atomic mass is 9.97. The summed E-state index contributed by atoms with van der Waals surface area (Å²) in [7, 11) is 3.04. The first-order valence-corrected chi connectivity index (χ1v) is 9.02. The van der Waals surface area contributed by atoms with Crippen LogP contribution < -0.4 is 9.47 Å². The number of hydrogen-bond donors (Lipinski definition) is 1. The molecular weight excluding hydrogens is 379 g/mol. The Morgan fingerprint density at radius 2 is 1.79 bits per heavy atom. The molecule has 0 saturated carbocycles. The molecule has 0 spiro atoms. The predicted octanol–water partition coefficient (Wildman–Crippen LogP) is 3.39. The quantitative estimate of drug-likeness (QED) is 0.770. The lowest BCUT2D eigenvalue weighted by molar-refractivity contribution is -0.141. The molecule has 29 heavy (non-hydrogen) atoms. The van der Waals surface area contributed by atoms with Crippen LogP contribution in [0.1, 0.15) is 36.4 Å². The number of ether oxygens (including phenoxy) is 2. The van der Waals surface area contributed by atoms with Crippen molar-refractivity contribution in [1.29, 1.82) is 0 Å². The van der Waals surface area contributed by atoms with Crippen molar-refractivity contribution in [2.24, 2.45) is 5.10 Å². The van der Waals surface area contributed by atoms with Gasteiger partial charge in [-0.3, -0.25) is 9.59 Å². The maximum Gasteiger partial charge on any atom is 0.303 e. The van der Waals surface area contributed by atoms with E-state index in [-0.39, 0.29) is 19.3 Å². The van der Waals surface area contributed by atoms with E-state index >= 15 is 0 Å². The van der Waals surface area contributed by atoms with Crippen molar-refractivity contribution in [1.82, 2.24) is 5.01 Å². The molecule has 0 aromatic heterocycles. The van der Waals surface area contributed by atoms with Crippen molar-refractivity contribution < 1.29 is 28.6 Å². The van der Waals surface area contributed by atoms with E-state index in [2.05, 4.69) is 5.10 Å². The molecule has 1 N–H and O–H groups in total. The fraction of sp³-hybridized carbons (Fsp3) is 0.286. The molecule has 7 nitrogen and oxygen atoms in total. The van der Waals surface area contributed by atoms with Crippen LogP contribution >= 0.6 is 0 Å². The summed E-state index contributed by atoms with van der Waals surface area (Å²) in [5, 5.41) is 14.5. The Kier molecular flexibility index (Phi) is 6.11. The highest BCUT2D eigenvalue weighted by molar-refractivity contribution is 6.03. The third-order valence-corrected chi connectivity index (χ3v) is 4.66. The second-order valence-corrected chi connectivity index (χ2v) is 6.52. The number of nitrogens with zero attached hydrogens (tertiary/aromatic N) is 2. The van der Waals surface area contributed by atoms with Crippen LogP contribution in [0.25, 0.3) is 0 Å². The minimum absolute atomic E-state index is 0.207. The number of hydrogen-bond acceptors (Lipinski definition) is 5. The highest BCUT2D eigenvalue weighted by Gasteiger charge is 2.34. The summed E-state index contributed by atoms with van der Waals surface area (Å²) in [5.41, 5.74) is 1.42. The number of halogens is 1. The monoisotopic (exact) mass is 400 g/mol. The molecule has 1 atom stereocenters. The molecule has 2 aromatic carbocycles. The number of amides is 1. The van der Waals surface area contributed by atoms with Gasteiger partial charge in [0.05, 0.1) is 32.4 Å². The van der Waals surface area contributed by atoms with E-state index in [9.17, 15) is 14.0 Å². The van der Waals surface area contributed by atoms with Gasteiger partial charge in [-0.2, -0.15) is 5.10 Å². The largest absolute Gasteiger partial charge is 0.497 e. The molecule has 2 aromatic rings. The third-order valence-electron chi connectivity index (χ3n) is 4.66. The highest BCUT2D eigenvalue weighted by Crippen LogP contribution is 2.37. The van der Waals surface area contributed by atoms with Crippen LogP contribution in [0, 0.1) is 5.82 Å². The number of aliphatic carboxylic acids is 1. The number of rotatable bonds is 7. The first kappa shape index (κ1) is 20.3. The number of carboxylic acid groups (broad SMARTS) is 1. The third kappa shape index (κ3) is 4.53. The number of hydrazone groups is 1. The number of carboxylic acids is 1. The summed E-state index contributed by atoms with van der Waals surface area (Å²) in [6.07, 6.45) is -0.245. The van der Waals surface area contributed by atoms with Crippen LogP contribution in [-0.2, 0) is 9.59 Å². The summed E-state index contributed by atoms with van der Waals surface area (Å²) < 4.78 is 24.9. The fourth-order valence-electron chi connectivity index (χ4n) is 3.21. The molecule has 1 aliphatic heterocycles. The second-order valence-electron chi connectivity index (χ2n) is 6.52. The number of carbonyl (C=O) groups excluding carboxylic acids is 1. The average molecular weight is 400 g/mol. The normalized spacial score (nSPS) is 15.8. The van der Waals surface area contributed by atoms with E-state index < -0.39 is 23.7 Å². The molecular formula is C21H21FN2O5. The van der Waals surface area contributed by atoms with Gasteiger partial charge in [0.25, 0.3) is 0 Å². The van der Waals surface area contributed by atoms with Gasteiger partial charge < -0.3 is 14.6 Å². The zero-order valence-electron chi connectivity index (χ0n) is 16.1. The molecule has 0 bridgehead atoms. The smallest absolute Gasteiger partial charge is 0.303 e. The van der Waals surface area contributed by atoms with E-state index in [0.717, 1.165) is 0 Å². The molecule has 0 radical (unpaired) electrons. The summed E-state index contributed by atoms with van der Waals surface area (Å²) >= 11 is 0. The van der Waals surface area contributed by atoms with Gasteiger partial charge in [-0.15, -0.1) is 0 Å². The molecule has 0 aliphatic carbocycles. The molecule has 8 heteroatoms. The van der Waals surface area contributed by atoms with Gasteiger partial charge in [-0.25, -0.2) is 9.40 Å². The maximum atomic E-state index is 14.3. The van der Waals surface area contributed by atoms with E-state index in [1.165, 1.54) is 25.3 Å². The summed E-state index contributed by atoms with van der Waals surface area (Å²) in [4.78, 5) is 23.6. The summed E-state index contributed by atoms with van der Waals surface area (Å²) in [5.74, 6) is -0.887. The molecule has 1 aliphatic rings. The van der Waals surface area contributed by atoms with Gasteiger partial charge in [0, 0.05) is 24.5 Å². The zero-order valence-corrected chi connectivity index (χ0v) is 16.1. The van der Waals surface area contributed by atoms with Crippen molar-refractivity contribution in [3.05, 3.63) is 59.4 Å². The van der Waals surface area contributed by atoms with Crippen molar-refractivity contribution in [2.45, 2.75) is 25.3 Å². The molecule has 0 unspecified atom stereocenters. The van der Waals surface area contributed by atoms with E-state index in [0.29, 0.717) is 28.3 Å². The highest BCUT2D eigenvalue weighted by atomic mass is 19.1. The topological polar surface area (TPSA) is 88.4 Å². The minimum atomic E-state index is -1.07. The van der Waals surface area contributed by atoms with Crippen LogP contribution in [0.3, 0.4) is 0 Å². The number of carbonyl (C=O) groups is 2. The van der Waals surface area contributed by atoms with Crippen LogP contribution in [0.5, 0.6) is 11.5 Å². The molecule has 0 fully saturated rings. The van der Waals surface area contributed by atoms with Crippen LogP contribution in [0.4, 0.5) is 4.39 Å². The molecule has 1 amide bonds. The molecule has 3 rings (SSSR count). The van der Waals surface area contributed by atoms with Crippen molar-refractivity contribution in [2.75, 3.05) is 14.2 Å². The lowest BCUT2D eigenvalue weighted by Crippen LogP contribution is -2.27. The Labute approximate surface area is 167 Å². The summed E-state index contributed by atoms with van der Waals surface area (Å²) in [6.45, 7) is 0. The standard InChI is InChI=1S/C21H21FN2O5/c1-28-14-9-13(10-15(11-14)29-2)19-12-18(16-5-3-4-6-17(16)22)23-24(19)20(25)7-8-21(26)27/h3-6,9-11,19H,7-8,12H2,1-2H3,(H,26,27)/t19-/m0/s1. The lowest BCUT2D eigenvalue weighted by Gasteiger charge is -2.22. The van der Waals surface area contributed by atoms with Crippen molar-refractivity contribution in [3.63, 3.8) is 0 Å². The van der Waals surface area contributed by atoms with E-state index in [1.807, 2.05) is 0 Å². The van der Waals surface area contributed by atoms with Crippen LogP contribution in [0.15, 0.2) is 47.6 Å². The zero-order chi connectivity index (χ0) is 21.0. The Hall–Kier alpha value is -3.42. The van der Waals surface area contributed by atoms with Gasteiger partial charge in [-0.05, 0) is 23.8 Å². The Bertz CT molecular complexity index is 938. The fourth-order valence-corrected chi connectivity index (χ4v) is 3.21. The Morgan fingerprint density at radius 3 is 2.38 bits per heavy atom. The van der Waals surface area contributed by atoms with E-state index in [4.69, 9.17) is 14.6 Å². The Balaban J connectivity index is 1.99. The van der Waals surface area contributed by atoms with Crippen molar-refractivity contribution in [3.8, 4) is 11.5 Å². The van der Waals surface area contributed by atoms with Gasteiger partial charge in [-0.1, -0.05) is 18.2 Å². The minimum Gasteiger partial charge on any atom is -0.497 e. The Morgan fingerprint density at radius 1 is 1.14 bits per heavy atom. The molecule has 1 heterocycles. The van der Waals surface area contributed by atoms with Crippen molar-refractivity contribution >= 4 is 17.6 Å². The first-order valence-electron chi connectivity index (χ1n) is 9.02. The van der Waals surface area contributed by atoms with Gasteiger partial charge >= 0.3 is 5.97 Å². The van der Waals surface area contributed by atoms with Crippen LogP contribution in [0.2, 0.25) is 0 Å². The summed E-state index contributed by atoms with van der Waals surface area (Å²) in [6, 6.07) is 10.9. The van der Waals surface area contributed by atoms with Gasteiger partial charge in [0.1, 0.15) is 17.3 Å². The first-order chi connectivity index (χ1) is 13.9. The molecule has 152 valence electrons. The maximum absolute atomic E-state index is 14.3. The van der Waals surface area contributed by atoms with Gasteiger partial charge in [0.15, 0.2) is 0 Å². The average Bonchev–Trinajstić information content (AvgIpc) is 3.17. The van der Waals surface area contributed by atoms with Gasteiger partial charge in [0.2, 0.25) is 5.91 Å². The number of benzene rings is 2.